The van der Waals surface area contributed by atoms with Crippen LogP contribution in [0.15, 0.2) is 11.2 Å². The van der Waals surface area contributed by atoms with Gasteiger partial charge in [0.05, 0.1) is 5.71 Å². The molecule has 0 unspecified atom stereocenters. The summed E-state index contributed by atoms with van der Waals surface area (Å²) in [5.74, 6) is 0.260. The van der Waals surface area contributed by atoms with Crippen molar-refractivity contribution in [3.63, 3.8) is 0 Å². The maximum Gasteiger partial charge on any atom is 0.127 e. The van der Waals surface area contributed by atoms with Gasteiger partial charge in [0.1, 0.15) is 5.75 Å². The zero-order chi connectivity index (χ0) is 10.3. The number of nitrogens with zero attached hydrogens (tertiary/aromatic N) is 1. The Bertz CT molecular complexity index is 422. The fourth-order valence-corrected chi connectivity index (χ4v) is 2.12. The lowest BCUT2D eigenvalue weighted by atomic mass is 9.99. The highest BCUT2D eigenvalue weighted by Gasteiger charge is 2.24. The average molecular weight is 191 g/mol. The van der Waals surface area contributed by atoms with E-state index in [-0.39, 0.29) is 5.75 Å². The van der Waals surface area contributed by atoms with Crippen LogP contribution in [0.4, 0.5) is 0 Å². The number of fused-ring (bicyclic) bond motifs is 1. The minimum absolute atomic E-state index is 0.260. The Morgan fingerprint density at radius 3 is 2.57 bits per heavy atom. The molecule has 0 saturated carbocycles. The second kappa shape index (κ2) is 3.01. The van der Waals surface area contributed by atoms with Gasteiger partial charge in [0, 0.05) is 5.56 Å². The molecule has 1 aromatic rings. The van der Waals surface area contributed by atoms with E-state index < -0.39 is 0 Å². The van der Waals surface area contributed by atoms with Crippen molar-refractivity contribution >= 4 is 5.71 Å². The number of aromatic hydroxyl groups is 1. The maximum absolute atomic E-state index is 9.85. The summed E-state index contributed by atoms with van der Waals surface area (Å²) < 4.78 is 0. The molecule has 0 saturated heterocycles. The van der Waals surface area contributed by atoms with E-state index in [1.807, 2.05) is 19.9 Å². The number of aryl methyl sites for hydroxylation is 2. The molecular weight excluding hydrogens is 178 g/mol. The van der Waals surface area contributed by atoms with Crippen LogP contribution in [0.2, 0.25) is 0 Å². The van der Waals surface area contributed by atoms with Crippen LogP contribution in [-0.2, 0) is 6.42 Å². The molecule has 2 rings (SSSR count). The van der Waals surface area contributed by atoms with Crippen molar-refractivity contribution in [2.24, 2.45) is 5.16 Å². The van der Waals surface area contributed by atoms with E-state index in [0.29, 0.717) is 12.1 Å². The number of hydrogen-bond donors (Lipinski definition) is 2. The molecule has 3 heteroatoms. The van der Waals surface area contributed by atoms with Crippen molar-refractivity contribution in [1.29, 1.82) is 0 Å². The van der Waals surface area contributed by atoms with Gasteiger partial charge < -0.3 is 10.3 Å². The van der Waals surface area contributed by atoms with E-state index in [1.54, 1.807) is 0 Å². The minimum atomic E-state index is 0.260. The van der Waals surface area contributed by atoms with E-state index in [0.717, 1.165) is 28.7 Å². The lowest BCUT2D eigenvalue weighted by Gasteiger charge is -2.09. The number of oxime groups is 1. The molecule has 0 bridgehead atoms. The number of hydrogen-bond acceptors (Lipinski definition) is 3. The van der Waals surface area contributed by atoms with Crippen molar-refractivity contribution in [3.8, 4) is 5.75 Å². The quantitative estimate of drug-likeness (QED) is 0.487. The number of rotatable bonds is 0. The fourth-order valence-electron chi connectivity index (χ4n) is 2.12. The van der Waals surface area contributed by atoms with Crippen LogP contribution in [0.25, 0.3) is 0 Å². The molecule has 14 heavy (non-hydrogen) atoms. The summed E-state index contributed by atoms with van der Waals surface area (Å²) in [5, 5.41) is 21.9. The van der Waals surface area contributed by atoms with Crippen LogP contribution >= 0.6 is 0 Å². The summed E-state index contributed by atoms with van der Waals surface area (Å²) in [6.07, 6.45) is 1.57. The normalized spacial score (nSPS) is 17.4. The van der Waals surface area contributed by atoms with E-state index >= 15 is 0 Å². The molecule has 3 nitrogen and oxygen atoms in total. The van der Waals surface area contributed by atoms with Gasteiger partial charge in [0.25, 0.3) is 0 Å². The maximum atomic E-state index is 9.85. The Morgan fingerprint density at radius 2 is 1.93 bits per heavy atom. The summed E-state index contributed by atoms with van der Waals surface area (Å²) >= 11 is 0. The van der Waals surface area contributed by atoms with Crippen LogP contribution in [0.3, 0.4) is 0 Å². The smallest absolute Gasteiger partial charge is 0.127 e. The SMILES string of the molecule is Cc1cc(C)c2c(c1O)C(=NO)CC2. The fraction of sp³-hybridized carbons (Fsp3) is 0.364. The Morgan fingerprint density at radius 1 is 1.21 bits per heavy atom. The predicted octanol–water partition coefficient (Wildman–Crippen LogP) is 2.13. The standard InChI is InChI=1S/C11H13NO2/c1-6-5-7(2)11(13)10-8(6)3-4-9(10)12-14/h5,13-14H,3-4H2,1-2H3. The summed E-state index contributed by atoms with van der Waals surface area (Å²) in [5.41, 5.74) is 4.45. The molecule has 0 atom stereocenters. The Labute approximate surface area is 82.7 Å². The summed E-state index contributed by atoms with van der Waals surface area (Å²) in [6, 6.07) is 1.97. The highest BCUT2D eigenvalue weighted by Crippen LogP contribution is 2.35. The number of benzene rings is 1. The lowest BCUT2D eigenvalue weighted by molar-refractivity contribution is 0.318. The van der Waals surface area contributed by atoms with Crippen LogP contribution < -0.4 is 0 Å². The van der Waals surface area contributed by atoms with E-state index in [4.69, 9.17) is 5.21 Å². The van der Waals surface area contributed by atoms with Gasteiger partial charge in [-0.05, 0) is 43.4 Å². The van der Waals surface area contributed by atoms with Crippen LogP contribution in [0, 0.1) is 13.8 Å². The Hall–Kier alpha value is -1.51. The molecular formula is C11H13NO2. The van der Waals surface area contributed by atoms with Crippen molar-refractivity contribution in [1.82, 2.24) is 0 Å². The third kappa shape index (κ3) is 1.09. The summed E-state index contributed by atoms with van der Waals surface area (Å²) in [4.78, 5) is 0. The third-order valence-electron chi connectivity index (χ3n) is 2.84. The first kappa shape index (κ1) is 9.06. The second-order valence-electron chi connectivity index (χ2n) is 3.76. The molecule has 0 heterocycles. The average Bonchev–Trinajstić information content (AvgIpc) is 2.58. The van der Waals surface area contributed by atoms with Gasteiger partial charge in [-0.2, -0.15) is 0 Å². The van der Waals surface area contributed by atoms with Gasteiger partial charge in [0.2, 0.25) is 0 Å². The van der Waals surface area contributed by atoms with E-state index in [1.165, 1.54) is 0 Å². The first-order valence-corrected chi connectivity index (χ1v) is 4.68. The van der Waals surface area contributed by atoms with Crippen molar-refractivity contribution in [2.45, 2.75) is 26.7 Å². The Kier molecular flexibility index (Phi) is 1.95. The molecule has 0 aliphatic heterocycles. The van der Waals surface area contributed by atoms with Crippen molar-refractivity contribution in [3.05, 3.63) is 28.3 Å². The van der Waals surface area contributed by atoms with Crippen LogP contribution in [0.1, 0.15) is 28.7 Å². The minimum Gasteiger partial charge on any atom is -0.507 e. The van der Waals surface area contributed by atoms with Gasteiger partial charge in [-0.15, -0.1) is 0 Å². The predicted molar refractivity (Wildman–Crippen MR) is 54.2 cm³/mol. The lowest BCUT2D eigenvalue weighted by Crippen LogP contribution is -1.97. The molecule has 1 aliphatic carbocycles. The molecule has 74 valence electrons. The molecule has 1 aliphatic rings. The summed E-state index contributed by atoms with van der Waals surface area (Å²) in [6.45, 7) is 3.88. The zero-order valence-electron chi connectivity index (χ0n) is 8.33. The van der Waals surface area contributed by atoms with Gasteiger partial charge in [-0.25, -0.2) is 0 Å². The first-order chi connectivity index (χ1) is 6.65. The number of phenols is 1. The van der Waals surface area contributed by atoms with Gasteiger partial charge in [-0.3, -0.25) is 0 Å². The monoisotopic (exact) mass is 191 g/mol. The van der Waals surface area contributed by atoms with Gasteiger partial charge in [0.15, 0.2) is 0 Å². The topological polar surface area (TPSA) is 52.8 Å². The van der Waals surface area contributed by atoms with E-state index in [9.17, 15) is 5.11 Å². The van der Waals surface area contributed by atoms with E-state index in [2.05, 4.69) is 5.16 Å². The van der Waals surface area contributed by atoms with Crippen molar-refractivity contribution < 1.29 is 10.3 Å². The molecule has 0 amide bonds. The largest absolute Gasteiger partial charge is 0.507 e. The van der Waals surface area contributed by atoms with Crippen molar-refractivity contribution in [2.75, 3.05) is 0 Å². The summed E-state index contributed by atoms with van der Waals surface area (Å²) in [7, 11) is 0. The molecule has 2 N–H and O–H groups in total. The molecule has 1 aromatic carbocycles. The zero-order valence-corrected chi connectivity index (χ0v) is 8.33. The Balaban J connectivity index is 2.75. The molecule has 0 radical (unpaired) electrons. The highest BCUT2D eigenvalue weighted by molar-refractivity contribution is 6.07. The highest BCUT2D eigenvalue weighted by atomic mass is 16.4. The molecule has 0 aromatic heterocycles. The van der Waals surface area contributed by atoms with Crippen LogP contribution in [0.5, 0.6) is 5.75 Å². The first-order valence-electron chi connectivity index (χ1n) is 4.68. The van der Waals surface area contributed by atoms with Gasteiger partial charge >= 0.3 is 0 Å². The molecule has 0 fully saturated rings. The van der Waals surface area contributed by atoms with Gasteiger partial charge in [-0.1, -0.05) is 11.2 Å². The second-order valence-corrected chi connectivity index (χ2v) is 3.76. The third-order valence-corrected chi connectivity index (χ3v) is 2.84. The number of phenolic OH excluding ortho intramolecular Hbond substituents is 1. The van der Waals surface area contributed by atoms with Crippen LogP contribution in [-0.4, -0.2) is 16.0 Å². The molecule has 0 spiro atoms.